The smallest absolute Gasteiger partial charge is 0.229 e. The molecule has 2 aliphatic heterocycles. The molecule has 7 atom stereocenters. The van der Waals surface area contributed by atoms with Gasteiger partial charge in [-0.2, -0.15) is 0 Å². The Morgan fingerprint density at radius 3 is 2.61 bits per heavy atom. The first-order chi connectivity index (χ1) is 11.0. The second kappa shape index (κ2) is 4.17. The van der Waals surface area contributed by atoms with Gasteiger partial charge in [-0.15, -0.1) is 0 Å². The Morgan fingerprint density at radius 1 is 1.26 bits per heavy atom. The van der Waals surface area contributed by atoms with E-state index in [1.54, 1.807) is 0 Å². The van der Waals surface area contributed by atoms with Crippen LogP contribution in [-0.4, -0.2) is 34.2 Å². The summed E-state index contributed by atoms with van der Waals surface area (Å²) < 4.78 is 6.56. The fraction of sp³-hybridized carbons (Fsp3) is 0.632. The zero-order valence-corrected chi connectivity index (χ0v) is 13.8. The van der Waals surface area contributed by atoms with Gasteiger partial charge in [0, 0.05) is 17.5 Å². The molecule has 0 aromatic heterocycles. The lowest BCUT2D eigenvalue weighted by Crippen LogP contribution is -2.51. The maximum Gasteiger partial charge on any atom is 0.229 e. The van der Waals surface area contributed by atoms with Crippen LogP contribution in [-0.2, 0) is 15.3 Å². The average molecular weight is 313 g/mol. The quantitative estimate of drug-likeness (QED) is 0.909. The molecule has 122 valence electrons. The van der Waals surface area contributed by atoms with Gasteiger partial charge in [-0.25, -0.2) is 0 Å². The van der Waals surface area contributed by atoms with E-state index in [4.69, 9.17) is 4.74 Å². The largest absolute Gasteiger partial charge is 0.390 e. The van der Waals surface area contributed by atoms with Crippen LogP contribution >= 0.6 is 0 Å². The summed E-state index contributed by atoms with van der Waals surface area (Å²) in [6.07, 6.45) is 0.343. The highest BCUT2D eigenvalue weighted by molar-refractivity contribution is 5.85. The van der Waals surface area contributed by atoms with Gasteiger partial charge in [0.2, 0.25) is 5.91 Å². The first-order valence-electron chi connectivity index (χ1n) is 8.73. The van der Waals surface area contributed by atoms with E-state index in [-0.39, 0.29) is 35.8 Å². The third-order valence-corrected chi connectivity index (χ3v) is 6.68. The number of aryl methyl sites for hydroxylation is 1. The minimum absolute atomic E-state index is 0.0718. The molecule has 1 N–H and O–H groups in total. The number of benzene rings is 1. The summed E-state index contributed by atoms with van der Waals surface area (Å²) in [7, 11) is 0. The Kier molecular flexibility index (Phi) is 2.54. The van der Waals surface area contributed by atoms with E-state index in [0.717, 1.165) is 12.0 Å². The topological polar surface area (TPSA) is 49.8 Å². The molecule has 2 heterocycles. The van der Waals surface area contributed by atoms with E-state index in [1.807, 2.05) is 4.90 Å². The van der Waals surface area contributed by atoms with E-state index < -0.39 is 11.8 Å². The molecule has 4 heteroatoms. The summed E-state index contributed by atoms with van der Waals surface area (Å²) in [5, 5.41) is 10.6. The highest BCUT2D eigenvalue weighted by Gasteiger charge is 2.79. The van der Waals surface area contributed by atoms with Gasteiger partial charge in [0.15, 0.2) is 5.72 Å². The van der Waals surface area contributed by atoms with Crippen LogP contribution in [0, 0.1) is 30.6 Å². The lowest BCUT2D eigenvalue weighted by Gasteiger charge is -2.41. The van der Waals surface area contributed by atoms with Gasteiger partial charge < -0.3 is 14.7 Å². The normalized spacial score (nSPS) is 46.5. The number of hydrogen-bond acceptors (Lipinski definition) is 3. The molecule has 1 aromatic rings. The summed E-state index contributed by atoms with van der Waals surface area (Å²) in [4.78, 5) is 15.1. The molecule has 2 aliphatic carbocycles. The van der Waals surface area contributed by atoms with Gasteiger partial charge in [0.05, 0.1) is 18.1 Å². The number of ether oxygens (including phenoxy) is 1. The van der Waals surface area contributed by atoms with Gasteiger partial charge in [-0.1, -0.05) is 29.8 Å². The molecule has 2 bridgehead atoms. The summed E-state index contributed by atoms with van der Waals surface area (Å²) in [5.74, 6) is 0.693. The zero-order chi connectivity index (χ0) is 16.1. The van der Waals surface area contributed by atoms with Gasteiger partial charge in [-0.05, 0) is 39.0 Å². The number of rotatable bonds is 2. The predicted octanol–water partition coefficient (Wildman–Crippen LogP) is 2.04. The van der Waals surface area contributed by atoms with E-state index in [9.17, 15) is 9.90 Å². The Labute approximate surface area is 136 Å². The maximum atomic E-state index is 13.2. The Morgan fingerprint density at radius 2 is 1.96 bits per heavy atom. The van der Waals surface area contributed by atoms with Crippen LogP contribution in [0.1, 0.15) is 31.4 Å². The minimum atomic E-state index is -0.675. The van der Waals surface area contributed by atoms with Crippen molar-refractivity contribution in [2.24, 2.45) is 23.7 Å². The monoisotopic (exact) mass is 313 g/mol. The fourth-order valence-corrected chi connectivity index (χ4v) is 6.01. The van der Waals surface area contributed by atoms with Crippen molar-refractivity contribution in [3.05, 3.63) is 35.4 Å². The van der Waals surface area contributed by atoms with E-state index in [0.29, 0.717) is 5.92 Å². The van der Waals surface area contributed by atoms with Crippen LogP contribution in [0.15, 0.2) is 24.3 Å². The van der Waals surface area contributed by atoms with Gasteiger partial charge in [0.25, 0.3) is 0 Å². The summed E-state index contributed by atoms with van der Waals surface area (Å²) >= 11 is 0. The van der Waals surface area contributed by atoms with Crippen molar-refractivity contribution in [2.45, 2.75) is 51.2 Å². The molecule has 2 saturated carbocycles. The Hall–Kier alpha value is -1.39. The molecular formula is C19H23NO3. The van der Waals surface area contributed by atoms with E-state index >= 15 is 0 Å². The molecule has 4 nitrogen and oxygen atoms in total. The molecular weight excluding hydrogens is 290 g/mol. The lowest BCUT2D eigenvalue weighted by molar-refractivity contribution is -0.188. The van der Waals surface area contributed by atoms with Crippen LogP contribution in [0.25, 0.3) is 0 Å². The highest BCUT2D eigenvalue weighted by Crippen LogP contribution is 2.70. The van der Waals surface area contributed by atoms with Crippen LogP contribution in [0.2, 0.25) is 0 Å². The van der Waals surface area contributed by atoms with Crippen LogP contribution in [0.5, 0.6) is 0 Å². The van der Waals surface area contributed by atoms with Crippen molar-refractivity contribution in [3.8, 4) is 0 Å². The van der Waals surface area contributed by atoms with E-state index in [1.165, 1.54) is 5.56 Å². The number of aliphatic hydroxyl groups is 1. The third kappa shape index (κ3) is 1.39. The van der Waals surface area contributed by atoms with Crippen molar-refractivity contribution in [1.29, 1.82) is 0 Å². The zero-order valence-electron chi connectivity index (χ0n) is 13.8. The molecule has 0 radical (unpaired) electrons. The third-order valence-electron chi connectivity index (χ3n) is 6.68. The maximum absolute atomic E-state index is 13.2. The molecule has 4 fully saturated rings. The molecule has 0 spiro atoms. The summed E-state index contributed by atoms with van der Waals surface area (Å²) in [6.45, 7) is 6.19. The van der Waals surface area contributed by atoms with Crippen LogP contribution in [0.3, 0.4) is 0 Å². The number of hydrogen-bond donors (Lipinski definition) is 1. The van der Waals surface area contributed by atoms with Crippen molar-refractivity contribution >= 4 is 5.91 Å². The second-order valence-electron chi connectivity index (χ2n) is 8.05. The van der Waals surface area contributed by atoms with Crippen LogP contribution in [0.4, 0.5) is 0 Å². The Bertz CT molecular complexity index is 684. The molecule has 4 aliphatic rings. The van der Waals surface area contributed by atoms with Gasteiger partial charge in [0.1, 0.15) is 0 Å². The SMILES string of the molecule is Cc1ccc(C23OC4C(O)C5CC4C2C5C(=O)N3C(C)C)cc1. The first-order valence-corrected chi connectivity index (χ1v) is 8.73. The van der Waals surface area contributed by atoms with E-state index in [2.05, 4.69) is 45.0 Å². The van der Waals surface area contributed by atoms with Gasteiger partial charge in [-0.3, -0.25) is 4.79 Å². The van der Waals surface area contributed by atoms with Crippen molar-refractivity contribution < 1.29 is 14.6 Å². The standard InChI is InChI=1S/C19H23NO3/c1-9(2)20-18(22)14-12-8-13-15(14)19(20,23-17(13)16(12)21)11-6-4-10(3)5-7-11/h4-7,9,12-17,21H,8H2,1-3H3. The summed E-state index contributed by atoms with van der Waals surface area (Å²) in [6, 6.07) is 8.47. The fourth-order valence-electron chi connectivity index (χ4n) is 6.01. The number of fused-ring (bicyclic) bond motifs is 2. The molecule has 23 heavy (non-hydrogen) atoms. The average Bonchev–Trinajstić information content (AvgIpc) is 3.15. The lowest BCUT2D eigenvalue weighted by atomic mass is 9.75. The molecule has 7 unspecified atom stereocenters. The summed E-state index contributed by atoms with van der Waals surface area (Å²) in [5.41, 5.74) is 1.60. The first kappa shape index (κ1) is 14.0. The minimum Gasteiger partial charge on any atom is -0.390 e. The molecule has 1 amide bonds. The number of aliphatic hydroxyl groups excluding tert-OH is 1. The highest BCUT2D eigenvalue weighted by atomic mass is 16.6. The van der Waals surface area contributed by atoms with Crippen molar-refractivity contribution in [1.82, 2.24) is 4.90 Å². The molecule has 1 aromatic carbocycles. The van der Waals surface area contributed by atoms with Crippen LogP contribution < -0.4 is 0 Å². The number of likely N-dealkylation sites (tertiary alicyclic amines) is 1. The number of nitrogens with zero attached hydrogens (tertiary/aromatic N) is 1. The number of amides is 1. The molecule has 5 rings (SSSR count). The van der Waals surface area contributed by atoms with Gasteiger partial charge >= 0.3 is 0 Å². The molecule has 2 saturated heterocycles. The number of carbonyl (C=O) groups is 1. The Balaban J connectivity index is 1.73. The number of carbonyl (C=O) groups excluding carboxylic acids is 1. The van der Waals surface area contributed by atoms with Crippen molar-refractivity contribution in [2.75, 3.05) is 0 Å². The predicted molar refractivity (Wildman–Crippen MR) is 84.3 cm³/mol. The van der Waals surface area contributed by atoms with Crippen molar-refractivity contribution in [3.63, 3.8) is 0 Å². The second-order valence-corrected chi connectivity index (χ2v) is 8.05.